The summed E-state index contributed by atoms with van der Waals surface area (Å²) >= 11 is 1.19. The number of ether oxygens (including phenoxy) is 1. The van der Waals surface area contributed by atoms with Crippen LogP contribution in [0.1, 0.15) is 5.56 Å². The molecule has 0 radical (unpaired) electrons. The smallest absolute Gasteiger partial charge is 0.277 e. The highest BCUT2D eigenvalue weighted by atomic mass is 32.2. The predicted octanol–water partition coefficient (Wildman–Crippen LogP) is 5.11. The number of thioether (sulfide) groups is 1. The monoisotopic (exact) mass is 460 g/mol. The number of methoxy groups -OCH3 is 1. The first-order valence-corrected chi connectivity index (χ1v) is 11.3. The van der Waals surface area contributed by atoms with Crippen LogP contribution >= 0.6 is 11.8 Å². The largest absolute Gasteiger partial charge is 0.497 e. The number of nitrogens with one attached hydrogen (secondary N) is 1. The van der Waals surface area contributed by atoms with Crippen LogP contribution in [0, 0.1) is 0 Å². The van der Waals surface area contributed by atoms with Gasteiger partial charge in [-0.15, -0.1) is 10.2 Å². The van der Waals surface area contributed by atoms with Gasteiger partial charge in [0.2, 0.25) is 11.8 Å². The summed E-state index contributed by atoms with van der Waals surface area (Å²) < 4.78 is 10.8. The van der Waals surface area contributed by atoms with Crippen LogP contribution in [0.15, 0.2) is 88.5 Å². The normalized spacial score (nSPS) is 10.6. The highest BCUT2D eigenvalue weighted by Crippen LogP contribution is 2.25. The molecule has 0 aliphatic rings. The molecule has 1 amide bonds. The average Bonchev–Trinajstić information content (AvgIpc) is 3.33. The molecule has 4 aromatic rings. The fraction of sp³-hybridized carbons (Fsp3) is 0.160. The van der Waals surface area contributed by atoms with Gasteiger partial charge in [-0.3, -0.25) is 4.79 Å². The molecule has 8 heteroatoms. The number of anilines is 2. The van der Waals surface area contributed by atoms with E-state index >= 15 is 0 Å². The molecular formula is C25H24N4O3S. The van der Waals surface area contributed by atoms with Gasteiger partial charge >= 0.3 is 0 Å². The van der Waals surface area contributed by atoms with Crippen molar-refractivity contribution in [3.8, 4) is 17.2 Å². The minimum atomic E-state index is -0.144. The topological polar surface area (TPSA) is 80.5 Å². The Labute approximate surface area is 196 Å². The van der Waals surface area contributed by atoms with Gasteiger partial charge in [0.1, 0.15) is 5.75 Å². The molecule has 168 valence electrons. The molecule has 0 saturated carbocycles. The van der Waals surface area contributed by atoms with Gasteiger partial charge in [-0.1, -0.05) is 42.1 Å². The number of benzene rings is 3. The Morgan fingerprint density at radius 2 is 1.73 bits per heavy atom. The van der Waals surface area contributed by atoms with E-state index in [0.717, 1.165) is 29.2 Å². The number of nitrogens with zero attached hydrogens (tertiary/aromatic N) is 3. The lowest BCUT2D eigenvalue weighted by Gasteiger charge is -2.19. The van der Waals surface area contributed by atoms with E-state index in [-0.39, 0.29) is 11.7 Å². The number of aromatic nitrogens is 2. The van der Waals surface area contributed by atoms with E-state index in [1.54, 1.807) is 7.11 Å². The van der Waals surface area contributed by atoms with Crippen molar-refractivity contribution in [2.24, 2.45) is 0 Å². The fourth-order valence-electron chi connectivity index (χ4n) is 3.19. The molecule has 0 aliphatic heterocycles. The summed E-state index contributed by atoms with van der Waals surface area (Å²) in [5.41, 5.74) is 3.84. The van der Waals surface area contributed by atoms with Crippen molar-refractivity contribution in [3.63, 3.8) is 0 Å². The van der Waals surface area contributed by atoms with Gasteiger partial charge in [-0.25, -0.2) is 0 Å². The van der Waals surface area contributed by atoms with Gasteiger partial charge in [-0.2, -0.15) is 0 Å². The third kappa shape index (κ3) is 6.14. The van der Waals surface area contributed by atoms with Crippen molar-refractivity contribution < 1.29 is 13.9 Å². The Balaban J connectivity index is 1.27. The zero-order chi connectivity index (χ0) is 23.0. The van der Waals surface area contributed by atoms with Crippen LogP contribution in [0.4, 0.5) is 11.4 Å². The third-order valence-corrected chi connectivity index (χ3v) is 5.74. The maximum absolute atomic E-state index is 12.3. The van der Waals surface area contributed by atoms with Gasteiger partial charge in [0.05, 0.1) is 12.9 Å². The van der Waals surface area contributed by atoms with Crippen molar-refractivity contribution in [1.82, 2.24) is 10.2 Å². The van der Waals surface area contributed by atoms with E-state index in [2.05, 4.69) is 32.5 Å². The predicted molar refractivity (Wildman–Crippen MR) is 131 cm³/mol. The average molecular weight is 461 g/mol. The summed E-state index contributed by atoms with van der Waals surface area (Å²) in [6.07, 6.45) is 0. The molecular weight excluding hydrogens is 436 g/mol. The van der Waals surface area contributed by atoms with Gasteiger partial charge in [0.25, 0.3) is 5.22 Å². The molecule has 7 nitrogen and oxygen atoms in total. The highest BCUT2D eigenvalue weighted by molar-refractivity contribution is 7.99. The molecule has 0 aliphatic carbocycles. The second-order valence-corrected chi connectivity index (χ2v) is 8.25. The first-order valence-electron chi connectivity index (χ1n) is 10.4. The summed E-state index contributed by atoms with van der Waals surface area (Å²) in [4.78, 5) is 14.5. The fourth-order valence-corrected chi connectivity index (χ4v) is 3.75. The number of amides is 1. The van der Waals surface area contributed by atoms with Crippen LogP contribution in [0.5, 0.6) is 5.75 Å². The van der Waals surface area contributed by atoms with Crippen LogP contribution in [0.2, 0.25) is 0 Å². The number of carbonyl (C=O) groups excluding carboxylic acids is 1. The van der Waals surface area contributed by atoms with Crippen molar-refractivity contribution in [1.29, 1.82) is 0 Å². The van der Waals surface area contributed by atoms with Gasteiger partial charge in [0.15, 0.2) is 0 Å². The van der Waals surface area contributed by atoms with Crippen LogP contribution in [-0.4, -0.2) is 36.0 Å². The Morgan fingerprint density at radius 1 is 1.00 bits per heavy atom. The Kier molecular flexibility index (Phi) is 7.26. The van der Waals surface area contributed by atoms with Crippen LogP contribution in [0.25, 0.3) is 11.5 Å². The summed E-state index contributed by atoms with van der Waals surface area (Å²) in [6, 6.07) is 25.4. The third-order valence-electron chi connectivity index (χ3n) is 4.92. The zero-order valence-electron chi connectivity index (χ0n) is 18.4. The van der Waals surface area contributed by atoms with Gasteiger partial charge in [-0.05, 0) is 54.1 Å². The molecule has 1 aromatic heterocycles. The number of rotatable bonds is 9. The lowest BCUT2D eigenvalue weighted by atomic mass is 10.2. The second kappa shape index (κ2) is 10.7. The molecule has 0 unspecified atom stereocenters. The Hall–Kier alpha value is -3.78. The highest BCUT2D eigenvalue weighted by Gasteiger charge is 2.12. The Bertz CT molecular complexity index is 1180. The molecule has 0 saturated heterocycles. The van der Waals surface area contributed by atoms with E-state index in [0.29, 0.717) is 11.1 Å². The minimum Gasteiger partial charge on any atom is -0.497 e. The number of carbonyl (C=O) groups is 1. The van der Waals surface area contributed by atoms with Crippen LogP contribution in [0.3, 0.4) is 0 Å². The van der Waals surface area contributed by atoms with E-state index in [1.165, 1.54) is 17.3 Å². The van der Waals surface area contributed by atoms with Crippen LogP contribution < -0.4 is 15.0 Å². The minimum absolute atomic E-state index is 0.144. The van der Waals surface area contributed by atoms with Gasteiger partial charge in [0, 0.05) is 30.5 Å². The molecule has 1 heterocycles. The molecule has 0 bridgehead atoms. The molecule has 33 heavy (non-hydrogen) atoms. The molecule has 3 aromatic carbocycles. The maximum atomic E-state index is 12.3. The summed E-state index contributed by atoms with van der Waals surface area (Å²) in [7, 11) is 3.65. The van der Waals surface area contributed by atoms with E-state index in [1.807, 2.05) is 73.8 Å². The van der Waals surface area contributed by atoms with Crippen molar-refractivity contribution >= 4 is 29.0 Å². The quantitative estimate of drug-likeness (QED) is 0.348. The summed E-state index contributed by atoms with van der Waals surface area (Å²) in [6.45, 7) is 0.811. The van der Waals surface area contributed by atoms with E-state index in [4.69, 9.17) is 9.15 Å². The Morgan fingerprint density at radius 3 is 2.42 bits per heavy atom. The first-order chi connectivity index (χ1) is 16.1. The SMILES string of the molecule is COc1ccc(-c2nnc(SCC(=O)Nc3ccc(N(C)Cc4ccccc4)cc3)o2)cc1. The van der Waals surface area contributed by atoms with E-state index < -0.39 is 0 Å². The molecule has 0 spiro atoms. The van der Waals surface area contributed by atoms with Crippen molar-refractivity contribution in [2.75, 3.05) is 30.1 Å². The van der Waals surface area contributed by atoms with Gasteiger partial charge < -0.3 is 19.4 Å². The van der Waals surface area contributed by atoms with Crippen molar-refractivity contribution in [2.45, 2.75) is 11.8 Å². The second-order valence-electron chi connectivity index (χ2n) is 7.33. The first kappa shape index (κ1) is 22.4. The molecule has 4 rings (SSSR count). The van der Waals surface area contributed by atoms with Crippen LogP contribution in [-0.2, 0) is 11.3 Å². The number of hydrogen-bond acceptors (Lipinski definition) is 7. The summed E-state index contributed by atoms with van der Waals surface area (Å²) in [5, 5.41) is 11.3. The summed E-state index contributed by atoms with van der Waals surface area (Å²) in [5.74, 6) is 1.17. The lowest BCUT2D eigenvalue weighted by molar-refractivity contribution is -0.113. The maximum Gasteiger partial charge on any atom is 0.277 e. The lowest BCUT2D eigenvalue weighted by Crippen LogP contribution is -2.17. The van der Waals surface area contributed by atoms with Crippen molar-refractivity contribution in [3.05, 3.63) is 84.4 Å². The molecule has 1 N–H and O–H groups in total. The standard InChI is InChI=1S/C25H24N4O3S/c1-29(16-18-6-4-3-5-7-18)21-12-10-20(11-13-21)26-23(30)17-33-25-28-27-24(32-25)19-8-14-22(31-2)15-9-19/h3-15H,16-17H2,1-2H3,(H,26,30). The van der Waals surface area contributed by atoms with E-state index in [9.17, 15) is 4.79 Å². The molecule has 0 atom stereocenters. The number of hydrogen-bond donors (Lipinski definition) is 1. The zero-order valence-corrected chi connectivity index (χ0v) is 19.2. The molecule has 0 fully saturated rings.